The molecule has 3 aromatic rings. The van der Waals surface area contributed by atoms with Crippen LogP contribution in [0.5, 0.6) is 5.75 Å². The fourth-order valence-electron chi connectivity index (χ4n) is 1.88. The van der Waals surface area contributed by atoms with Crippen LogP contribution in [0.3, 0.4) is 0 Å². The van der Waals surface area contributed by atoms with Crippen molar-refractivity contribution in [3.63, 3.8) is 0 Å². The summed E-state index contributed by atoms with van der Waals surface area (Å²) in [6.07, 6.45) is 4.75. The maximum Gasteiger partial charge on any atom is 0.157 e. The molecule has 2 aromatic carbocycles. The Morgan fingerprint density at radius 3 is 2.48 bits per heavy atom. The minimum Gasteiger partial charge on any atom is -0.357 e. The van der Waals surface area contributed by atoms with Crippen molar-refractivity contribution in [3.8, 4) is 16.9 Å². The third kappa shape index (κ3) is 3.54. The molecule has 0 aliphatic rings. The average Bonchev–Trinajstić information content (AvgIpc) is 3.06. The largest absolute Gasteiger partial charge is 0.357 e. The molecule has 0 atom stereocenters. The van der Waals surface area contributed by atoms with Crippen LogP contribution in [0.25, 0.3) is 11.1 Å². The first-order valence-electron chi connectivity index (χ1n) is 6.58. The standard InChI is InChI=1S/C16H14N4O/c1-2-4-14(5-3-1)15-6-8-16(9-7-15)21-19-10-11-20-13-17-12-18-20/h1-10,12-13H,11H2/b19-10+. The quantitative estimate of drug-likeness (QED) is 0.532. The van der Waals surface area contributed by atoms with E-state index < -0.39 is 0 Å². The lowest BCUT2D eigenvalue weighted by atomic mass is 10.1. The van der Waals surface area contributed by atoms with Gasteiger partial charge in [-0.25, -0.2) is 9.67 Å². The highest BCUT2D eigenvalue weighted by Crippen LogP contribution is 2.21. The fourth-order valence-corrected chi connectivity index (χ4v) is 1.88. The summed E-state index contributed by atoms with van der Waals surface area (Å²) in [5.74, 6) is 0.699. The van der Waals surface area contributed by atoms with Gasteiger partial charge in [0.25, 0.3) is 0 Å². The van der Waals surface area contributed by atoms with Crippen LogP contribution in [0.2, 0.25) is 0 Å². The third-order valence-corrected chi connectivity index (χ3v) is 2.93. The zero-order valence-corrected chi connectivity index (χ0v) is 11.3. The predicted octanol–water partition coefficient (Wildman–Crippen LogP) is 3.01. The Bertz CT molecular complexity index is 691. The van der Waals surface area contributed by atoms with Gasteiger partial charge < -0.3 is 4.84 Å². The minimum absolute atomic E-state index is 0.530. The number of hydrogen-bond donors (Lipinski definition) is 0. The second-order valence-electron chi connectivity index (χ2n) is 4.39. The van der Waals surface area contributed by atoms with Gasteiger partial charge in [-0.1, -0.05) is 47.6 Å². The number of nitrogens with zero attached hydrogens (tertiary/aromatic N) is 4. The molecule has 1 heterocycles. The van der Waals surface area contributed by atoms with Crippen LogP contribution in [0, 0.1) is 0 Å². The lowest BCUT2D eigenvalue weighted by Gasteiger charge is -2.02. The first kappa shape index (κ1) is 13.1. The van der Waals surface area contributed by atoms with Gasteiger partial charge in [0.15, 0.2) is 5.75 Å². The molecule has 0 radical (unpaired) electrons. The molecule has 0 aliphatic heterocycles. The van der Waals surface area contributed by atoms with Crippen LogP contribution in [-0.4, -0.2) is 21.0 Å². The van der Waals surface area contributed by atoms with Crippen molar-refractivity contribution in [2.45, 2.75) is 6.54 Å². The Morgan fingerprint density at radius 1 is 1.00 bits per heavy atom. The number of aromatic nitrogens is 3. The van der Waals surface area contributed by atoms with Gasteiger partial charge in [-0.3, -0.25) is 0 Å². The zero-order chi connectivity index (χ0) is 14.3. The SMILES string of the molecule is C(/Cn1cncn1)=N\Oc1ccc(-c2ccccc2)cc1. The van der Waals surface area contributed by atoms with Crippen LogP contribution < -0.4 is 4.84 Å². The van der Waals surface area contributed by atoms with E-state index in [0.29, 0.717) is 12.3 Å². The van der Waals surface area contributed by atoms with Gasteiger partial charge >= 0.3 is 0 Å². The molecular formula is C16H14N4O. The molecule has 0 fully saturated rings. The van der Waals surface area contributed by atoms with Gasteiger partial charge in [-0.05, 0) is 23.3 Å². The first-order chi connectivity index (χ1) is 10.4. The zero-order valence-electron chi connectivity index (χ0n) is 11.3. The van der Waals surface area contributed by atoms with E-state index in [2.05, 4.69) is 27.4 Å². The molecule has 0 bridgehead atoms. The maximum atomic E-state index is 5.30. The monoisotopic (exact) mass is 278 g/mol. The molecule has 0 saturated carbocycles. The van der Waals surface area contributed by atoms with E-state index in [4.69, 9.17) is 4.84 Å². The number of oxime groups is 1. The molecule has 0 spiro atoms. The molecule has 104 valence electrons. The van der Waals surface area contributed by atoms with Gasteiger partial charge in [0, 0.05) is 0 Å². The summed E-state index contributed by atoms with van der Waals surface area (Å²) < 4.78 is 1.66. The Hall–Kier alpha value is -2.95. The summed E-state index contributed by atoms with van der Waals surface area (Å²) in [7, 11) is 0. The molecule has 3 rings (SSSR count). The molecule has 1 aromatic heterocycles. The summed E-state index contributed by atoms with van der Waals surface area (Å²) in [5, 5.41) is 7.87. The third-order valence-electron chi connectivity index (χ3n) is 2.93. The van der Waals surface area contributed by atoms with Gasteiger partial charge in [0.05, 0.1) is 12.8 Å². The molecule has 5 heteroatoms. The van der Waals surface area contributed by atoms with E-state index in [1.54, 1.807) is 17.2 Å². The highest BCUT2D eigenvalue weighted by atomic mass is 16.6. The Labute approximate surface area is 122 Å². The van der Waals surface area contributed by atoms with Crippen molar-refractivity contribution in [3.05, 3.63) is 67.3 Å². The summed E-state index contributed by atoms with van der Waals surface area (Å²) in [6, 6.07) is 18.0. The van der Waals surface area contributed by atoms with E-state index in [1.165, 1.54) is 11.9 Å². The molecule has 0 unspecified atom stereocenters. The molecule has 0 saturated heterocycles. The van der Waals surface area contributed by atoms with Crippen LogP contribution in [-0.2, 0) is 6.54 Å². The lowest BCUT2D eigenvalue weighted by Crippen LogP contribution is -1.99. The van der Waals surface area contributed by atoms with Crippen LogP contribution in [0.15, 0.2) is 72.4 Å². The molecule has 0 amide bonds. The van der Waals surface area contributed by atoms with Crippen molar-refractivity contribution >= 4 is 6.21 Å². The minimum atomic E-state index is 0.530. The van der Waals surface area contributed by atoms with Gasteiger partial charge in [0.2, 0.25) is 0 Å². The molecular weight excluding hydrogens is 264 g/mol. The molecule has 21 heavy (non-hydrogen) atoms. The number of benzene rings is 2. The molecule has 0 aliphatic carbocycles. The first-order valence-corrected chi connectivity index (χ1v) is 6.58. The van der Waals surface area contributed by atoms with E-state index in [0.717, 1.165) is 5.56 Å². The Balaban J connectivity index is 1.58. The fraction of sp³-hybridized carbons (Fsp3) is 0.0625. The second-order valence-corrected chi connectivity index (χ2v) is 4.39. The topological polar surface area (TPSA) is 52.3 Å². The van der Waals surface area contributed by atoms with E-state index in [9.17, 15) is 0 Å². The van der Waals surface area contributed by atoms with Gasteiger partial charge in [-0.2, -0.15) is 5.10 Å². The predicted molar refractivity (Wildman–Crippen MR) is 81.0 cm³/mol. The molecule has 5 nitrogen and oxygen atoms in total. The Morgan fingerprint density at radius 2 is 1.76 bits per heavy atom. The van der Waals surface area contributed by atoms with Crippen LogP contribution in [0.1, 0.15) is 0 Å². The summed E-state index contributed by atoms with van der Waals surface area (Å²) in [6.45, 7) is 0.530. The summed E-state index contributed by atoms with van der Waals surface area (Å²) >= 11 is 0. The van der Waals surface area contributed by atoms with Crippen molar-refractivity contribution in [2.24, 2.45) is 5.16 Å². The van der Waals surface area contributed by atoms with Crippen LogP contribution >= 0.6 is 0 Å². The average molecular weight is 278 g/mol. The van der Waals surface area contributed by atoms with E-state index >= 15 is 0 Å². The highest BCUT2D eigenvalue weighted by molar-refractivity contribution is 5.64. The van der Waals surface area contributed by atoms with Gasteiger partial charge in [0.1, 0.15) is 12.7 Å². The second kappa shape index (κ2) is 6.47. The highest BCUT2D eigenvalue weighted by Gasteiger charge is 1.97. The Kier molecular flexibility index (Phi) is 4.02. The normalized spacial score (nSPS) is 10.9. The van der Waals surface area contributed by atoms with Gasteiger partial charge in [-0.15, -0.1) is 0 Å². The maximum absolute atomic E-state index is 5.30. The number of rotatable bonds is 5. The lowest BCUT2D eigenvalue weighted by molar-refractivity contribution is 0.342. The van der Waals surface area contributed by atoms with Crippen molar-refractivity contribution in [1.29, 1.82) is 0 Å². The van der Waals surface area contributed by atoms with Crippen molar-refractivity contribution in [1.82, 2.24) is 14.8 Å². The smallest absolute Gasteiger partial charge is 0.157 e. The molecule has 0 N–H and O–H groups in total. The summed E-state index contributed by atoms with van der Waals surface area (Å²) in [4.78, 5) is 9.15. The van der Waals surface area contributed by atoms with Crippen molar-refractivity contribution in [2.75, 3.05) is 0 Å². The summed E-state index contributed by atoms with van der Waals surface area (Å²) in [5.41, 5.74) is 2.33. The number of hydrogen-bond acceptors (Lipinski definition) is 4. The van der Waals surface area contributed by atoms with E-state index in [-0.39, 0.29) is 0 Å². The van der Waals surface area contributed by atoms with Crippen molar-refractivity contribution < 1.29 is 4.84 Å². The van der Waals surface area contributed by atoms with Crippen LogP contribution in [0.4, 0.5) is 0 Å². The van der Waals surface area contributed by atoms with E-state index in [1.807, 2.05) is 42.5 Å².